The van der Waals surface area contributed by atoms with Gasteiger partial charge >= 0.3 is 12.1 Å². The second-order valence-corrected chi connectivity index (χ2v) is 10.2. The van der Waals surface area contributed by atoms with Gasteiger partial charge in [-0.1, -0.05) is 53.8 Å². The van der Waals surface area contributed by atoms with Gasteiger partial charge in [-0.2, -0.15) is 13.2 Å². The predicted molar refractivity (Wildman–Crippen MR) is 142 cm³/mol. The lowest BCUT2D eigenvalue weighted by atomic mass is 9.95. The number of carbonyl (C=O) groups excluding carboxylic acids is 1. The summed E-state index contributed by atoms with van der Waals surface area (Å²) in [7, 11) is 0. The van der Waals surface area contributed by atoms with Crippen molar-refractivity contribution in [3.05, 3.63) is 107 Å². The molecule has 0 N–H and O–H groups in total. The van der Waals surface area contributed by atoms with E-state index in [0.29, 0.717) is 27.4 Å². The molecule has 1 aliphatic rings. The fourth-order valence-electron chi connectivity index (χ4n) is 3.82. The molecule has 0 bridgehead atoms. The first-order chi connectivity index (χ1) is 18.0. The van der Waals surface area contributed by atoms with Crippen LogP contribution in [0.5, 0.6) is 5.75 Å². The van der Waals surface area contributed by atoms with Gasteiger partial charge in [0.2, 0.25) is 0 Å². The fourth-order valence-corrected chi connectivity index (χ4v) is 5.46. The van der Waals surface area contributed by atoms with Crippen LogP contribution in [0.15, 0.2) is 80.6 Å². The average Bonchev–Trinajstić information content (AvgIpc) is 3.17. The Balaban J connectivity index is 1.96. The van der Waals surface area contributed by atoms with Crippen molar-refractivity contribution in [1.82, 2.24) is 4.57 Å². The first-order valence-electron chi connectivity index (χ1n) is 11.1. The zero-order valence-corrected chi connectivity index (χ0v) is 22.9. The van der Waals surface area contributed by atoms with E-state index in [4.69, 9.17) is 21.1 Å². The smallest absolute Gasteiger partial charge is 0.434 e. The highest BCUT2D eigenvalue weighted by Gasteiger charge is 2.45. The van der Waals surface area contributed by atoms with Crippen LogP contribution in [0.1, 0.15) is 24.1 Å². The van der Waals surface area contributed by atoms with Crippen LogP contribution in [0.4, 0.5) is 13.2 Å². The van der Waals surface area contributed by atoms with E-state index >= 15 is 0 Å². The van der Waals surface area contributed by atoms with E-state index in [-0.39, 0.29) is 21.5 Å². The van der Waals surface area contributed by atoms with Crippen molar-refractivity contribution in [2.75, 3.05) is 13.2 Å². The number of ether oxygens (including phenoxy) is 2. The zero-order valence-electron chi connectivity index (χ0n) is 19.7. The van der Waals surface area contributed by atoms with Crippen LogP contribution in [-0.4, -0.2) is 29.9 Å². The minimum absolute atomic E-state index is 0.126. The molecule has 2 aromatic carbocycles. The lowest BCUT2D eigenvalue weighted by Gasteiger charge is -2.26. The summed E-state index contributed by atoms with van der Waals surface area (Å²) in [6, 6.07) is 9.52. The maximum Gasteiger partial charge on any atom is 0.434 e. The molecule has 1 aromatic heterocycles. The second kappa shape index (κ2) is 11.3. The number of thiazole rings is 1. The minimum atomic E-state index is -4.98. The van der Waals surface area contributed by atoms with E-state index in [1.807, 2.05) is 0 Å². The third-order valence-corrected chi connectivity index (χ3v) is 7.25. The maximum atomic E-state index is 14.2. The molecule has 12 heteroatoms. The molecular weight excluding hydrogens is 609 g/mol. The summed E-state index contributed by atoms with van der Waals surface area (Å²) in [6.07, 6.45) is -1.85. The SMILES string of the molecule is C=CCOc1ccc(/C=c2\sc3n(c2=O)[C@@H](c2ccc(Cl)cc2)C(C(=O)OCC)=C(C(F)(F)F)N=3)cc1Br. The third-order valence-electron chi connectivity index (χ3n) is 5.39. The number of hydrogen-bond donors (Lipinski definition) is 0. The molecule has 1 aliphatic heterocycles. The number of allylic oxidation sites excluding steroid dienone is 1. The summed E-state index contributed by atoms with van der Waals surface area (Å²) in [6.45, 7) is 5.21. The van der Waals surface area contributed by atoms with Crippen molar-refractivity contribution in [3.8, 4) is 5.75 Å². The average molecular weight is 628 g/mol. The van der Waals surface area contributed by atoms with Gasteiger partial charge in [0.15, 0.2) is 10.5 Å². The van der Waals surface area contributed by atoms with Gasteiger partial charge in [0.1, 0.15) is 12.4 Å². The normalized spacial score (nSPS) is 15.6. The number of esters is 1. The topological polar surface area (TPSA) is 69.9 Å². The maximum absolute atomic E-state index is 14.2. The lowest BCUT2D eigenvalue weighted by Crippen LogP contribution is -2.41. The molecular formula is C26H19BrClF3N2O4S. The summed E-state index contributed by atoms with van der Waals surface area (Å²) in [5, 5.41) is 0.338. The van der Waals surface area contributed by atoms with E-state index in [1.165, 1.54) is 37.3 Å². The Labute approximate surface area is 232 Å². The van der Waals surface area contributed by atoms with Crippen molar-refractivity contribution in [2.45, 2.75) is 19.1 Å². The molecule has 0 aliphatic carbocycles. The highest BCUT2D eigenvalue weighted by molar-refractivity contribution is 9.10. The van der Waals surface area contributed by atoms with Gasteiger partial charge in [-0.25, -0.2) is 9.79 Å². The molecule has 198 valence electrons. The number of halogens is 5. The van der Waals surface area contributed by atoms with Gasteiger partial charge in [-0.05, 0) is 64.3 Å². The summed E-state index contributed by atoms with van der Waals surface area (Å²) < 4.78 is 54.8. The number of carbonyl (C=O) groups is 1. The summed E-state index contributed by atoms with van der Waals surface area (Å²) >= 11 is 10.2. The summed E-state index contributed by atoms with van der Waals surface area (Å²) in [5.74, 6) is -0.656. The summed E-state index contributed by atoms with van der Waals surface area (Å²) in [4.78, 5) is 30.0. The molecule has 6 nitrogen and oxygen atoms in total. The van der Waals surface area contributed by atoms with Gasteiger partial charge in [0.05, 0.1) is 27.2 Å². The van der Waals surface area contributed by atoms with Crippen LogP contribution in [0.25, 0.3) is 6.08 Å². The largest absolute Gasteiger partial charge is 0.488 e. The first-order valence-corrected chi connectivity index (χ1v) is 13.1. The quantitative estimate of drug-likeness (QED) is 0.263. The molecule has 2 heterocycles. The second-order valence-electron chi connectivity index (χ2n) is 7.90. The molecule has 3 aromatic rings. The molecule has 0 unspecified atom stereocenters. The van der Waals surface area contributed by atoms with Crippen LogP contribution < -0.4 is 19.6 Å². The van der Waals surface area contributed by atoms with Crippen molar-refractivity contribution in [2.24, 2.45) is 4.99 Å². The van der Waals surface area contributed by atoms with Crippen LogP contribution in [-0.2, 0) is 9.53 Å². The molecule has 38 heavy (non-hydrogen) atoms. The Kier molecular flexibility index (Phi) is 8.29. The van der Waals surface area contributed by atoms with E-state index < -0.39 is 35.0 Å². The van der Waals surface area contributed by atoms with Gasteiger partial charge in [0.25, 0.3) is 5.56 Å². The van der Waals surface area contributed by atoms with Crippen LogP contribution in [0, 0.1) is 0 Å². The number of alkyl halides is 3. The molecule has 0 radical (unpaired) electrons. The number of hydrogen-bond acceptors (Lipinski definition) is 6. The van der Waals surface area contributed by atoms with E-state index in [9.17, 15) is 22.8 Å². The van der Waals surface area contributed by atoms with Gasteiger partial charge < -0.3 is 9.47 Å². The standard InChI is InChI=1S/C26H19BrClF3N2O4S/c1-3-11-37-18-10-5-14(12-17(18)27)13-19-23(34)33-21(15-6-8-16(28)9-7-15)20(24(35)36-4-2)22(26(29,30)31)32-25(33)38-19/h3,5-10,12-13,21H,1,4,11H2,2H3/b19-13-/t21-/m0/s1. The lowest BCUT2D eigenvalue weighted by molar-refractivity contribution is -0.140. The van der Waals surface area contributed by atoms with Crippen molar-refractivity contribution >= 4 is 50.9 Å². The Morgan fingerprint density at radius 1 is 1.26 bits per heavy atom. The van der Waals surface area contributed by atoms with E-state index in [1.54, 1.807) is 24.3 Å². The third kappa shape index (κ3) is 5.64. The number of benzene rings is 2. The number of fused-ring (bicyclic) bond motifs is 1. The Bertz CT molecular complexity index is 1610. The number of aromatic nitrogens is 1. The van der Waals surface area contributed by atoms with Crippen LogP contribution in [0.3, 0.4) is 0 Å². The Hall–Kier alpha value is -3.15. The fraction of sp³-hybridized carbons (Fsp3) is 0.192. The Morgan fingerprint density at radius 3 is 2.58 bits per heavy atom. The monoisotopic (exact) mass is 626 g/mol. The number of rotatable bonds is 7. The number of nitrogens with zero attached hydrogens (tertiary/aromatic N) is 2. The predicted octanol–water partition coefficient (Wildman–Crippen LogP) is 5.32. The summed E-state index contributed by atoms with van der Waals surface area (Å²) in [5.41, 5.74) is -1.95. The zero-order chi connectivity index (χ0) is 27.6. The van der Waals surface area contributed by atoms with Crippen LogP contribution >= 0.6 is 38.9 Å². The first kappa shape index (κ1) is 27.9. The van der Waals surface area contributed by atoms with Gasteiger partial charge in [-0.15, -0.1) is 0 Å². The van der Waals surface area contributed by atoms with Crippen LogP contribution in [0.2, 0.25) is 5.02 Å². The van der Waals surface area contributed by atoms with Crippen molar-refractivity contribution in [1.29, 1.82) is 0 Å². The highest BCUT2D eigenvalue weighted by Crippen LogP contribution is 2.38. The van der Waals surface area contributed by atoms with Gasteiger partial charge in [0, 0.05) is 5.02 Å². The molecule has 0 fully saturated rings. The highest BCUT2D eigenvalue weighted by atomic mass is 79.9. The molecule has 0 saturated heterocycles. The minimum Gasteiger partial charge on any atom is -0.488 e. The Morgan fingerprint density at radius 2 is 1.97 bits per heavy atom. The van der Waals surface area contributed by atoms with Crippen molar-refractivity contribution in [3.63, 3.8) is 0 Å². The van der Waals surface area contributed by atoms with Crippen molar-refractivity contribution < 1.29 is 27.4 Å². The molecule has 0 saturated carbocycles. The molecule has 1 atom stereocenters. The molecule has 0 spiro atoms. The molecule has 0 amide bonds. The van der Waals surface area contributed by atoms with E-state index in [2.05, 4.69) is 27.5 Å². The van der Waals surface area contributed by atoms with E-state index in [0.717, 1.165) is 15.9 Å². The molecule has 4 rings (SSSR count). The van der Waals surface area contributed by atoms with Gasteiger partial charge in [-0.3, -0.25) is 9.36 Å².